The molecule has 1 aliphatic heterocycles. The lowest BCUT2D eigenvalue weighted by Crippen LogP contribution is -2.14. The van der Waals surface area contributed by atoms with Gasteiger partial charge in [-0.15, -0.1) is 0 Å². The first-order valence-electron chi connectivity index (χ1n) is 7.34. The molecule has 1 aromatic heterocycles. The number of aromatic nitrogens is 2. The third-order valence-corrected chi connectivity index (χ3v) is 4.42. The van der Waals surface area contributed by atoms with Crippen molar-refractivity contribution >= 4 is 23.3 Å². The fraction of sp³-hybridized carbons (Fsp3) is 0.375. The smallest absolute Gasteiger partial charge is 0.257 e. The van der Waals surface area contributed by atoms with Crippen molar-refractivity contribution in [3.05, 3.63) is 46.1 Å². The molecule has 0 unspecified atom stereocenters. The normalized spacial score (nSPS) is 15.7. The summed E-state index contributed by atoms with van der Waals surface area (Å²) < 4.78 is 5.36. The molecule has 0 spiro atoms. The summed E-state index contributed by atoms with van der Waals surface area (Å²) in [6, 6.07) is 7.18. The quantitative estimate of drug-likeness (QED) is 0.909. The molecular weight excluding hydrogens is 302 g/mol. The van der Waals surface area contributed by atoms with E-state index in [1.807, 2.05) is 13.0 Å². The van der Waals surface area contributed by atoms with Crippen molar-refractivity contribution in [2.24, 2.45) is 0 Å². The van der Waals surface area contributed by atoms with Gasteiger partial charge in [-0.25, -0.2) is 0 Å². The average Bonchev–Trinajstić information content (AvgIpc) is 2.99. The molecule has 6 heteroatoms. The highest BCUT2D eigenvalue weighted by molar-refractivity contribution is 6.32. The Hall–Kier alpha value is -1.85. The first-order valence-corrected chi connectivity index (χ1v) is 7.72. The van der Waals surface area contributed by atoms with Gasteiger partial charge in [-0.3, -0.25) is 9.89 Å². The Kier molecular flexibility index (Phi) is 4.45. The summed E-state index contributed by atoms with van der Waals surface area (Å²) in [4.78, 5) is 12.3. The van der Waals surface area contributed by atoms with Crippen molar-refractivity contribution in [3.63, 3.8) is 0 Å². The summed E-state index contributed by atoms with van der Waals surface area (Å²) in [5.74, 6) is 0.746. The summed E-state index contributed by atoms with van der Waals surface area (Å²) >= 11 is 6.05. The van der Waals surface area contributed by atoms with E-state index in [0.29, 0.717) is 22.3 Å². The summed E-state index contributed by atoms with van der Waals surface area (Å²) in [7, 11) is 0. The van der Waals surface area contributed by atoms with Crippen molar-refractivity contribution in [3.8, 4) is 0 Å². The van der Waals surface area contributed by atoms with Crippen molar-refractivity contribution in [2.75, 3.05) is 18.5 Å². The van der Waals surface area contributed by atoms with Crippen molar-refractivity contribution < 1.29 is 9.53 Å². The van der Waals surface area contributed by atoms with E-state index in [-0.39, 0.29) is 5.91 Å². The van der Waals surface area contributed by atoms with Crippen LogP contribution < -0.4 is 5.32 Å². The van der Waals surface area contributed by atoms with Crippen LogP contribution >= 0.6 is 11.6 Å². The minimum absolute atomic E-state index is 0.204. The average molecular weight is 320 g/mol. The van der Waals surface area contributed by atoms with Gasteiger partial charge in [-0.05, 0) is 37.5 Å². The lowest BCUT2D eigenvalue weighted by molar-refractivity contribution is 0.0845. The Morgan fingerprint density at radius 3 is 2.95 bits per heavy atom. The van der Waals surface area contributed by atoms with Crippen LogP contribution in [0.15, 0.2) is 24.3 Å². The fourth-order valence-corrected chi connectivity index (χ4v) is 2.83. The number of halogens is 1. The predicted molar refractivity (Wildman–Crippen MR) is 85.5 cm³/mol. The number of carbonyl (C=O) groups is 1. The molecule has 0 bridgehead atoms. The molecule has 0 saturated carbocycles. The van der Waals surface area contributed by atoms with Crippen LogP contribution in [0.1, 0.15) is 40.4 Å². The van der Waals surface area contributed by atoms with E-state index in [1.165, 1.54) is 0 Å². The Bertz CT molecular complexity index is 678. The van der Waals surface area contributed by atoms with Crippen molar-refractivity contribution in [1.82, 2.24) is 10.2 Å². The van der Waals surface area contributed by atoms with E-state index >= 15 is 0 Å². The third kappa shape index (κ3) is 3.15. The first kappa shape index (κ1) is 15.1. The van der Waals surface area contributed by atoms with Crippen LogP contribution in [0, 0.1) is 6.92 Å². The molecule has 2 N–H and O–H groups in total. The molecule has 0 aliphatic carbocycles. The van der Waals surface area contributed by atoms with E-state index in [2.05, 4.69) is 15.5 Å². The standard InChI is InChI=1S/C16H18ClN3O2/c1-10-12(3-2-4-13(10)17)16(21)18-15-9-14(19-20-15)11-5-7-22-8-6-11/h2-4,9,11H,5-8H2,1H3,(H2,18,19,20,21). The second kappa shape index (κ2) is 6.50. The van der Waals surface area contributed by atoms with E-state index in [0.717, 1.165) is 37.3 Å². The number of rotatable bonds is 3. The molecule has 22 heavy (non-hydrogen) atoms. The van der Waals surface area contributed by atoms with Gasteiger partial charge in [0.2, 0.25) is 0 Å². The third-order valence-electron chi connectivity index (χ3n) is 4.01. The Labute approximate surface area is 134 Å². The highest BCUT2D eigenvalue weighted by Crippen LogP contribution is 2.27. The minimum atomic E-state index is -0.204. The van der Waals surface area contributed by atoms with Crippen LogP contribution in [0.25, 0.3) is 0 Å². The SMILES string of the molecule is Cc1c(Cl)cccc1C(=O)Nc1cc(C2CCOCC2)[nH]n1. The molecule has 0 atom stereocenters. The number of nitrogens with one attached hydrogen (secondary N) is 2. The van der Waals surface area contributed by atoms with E-state index < -0.39 is 0 Å². The zero-order valence-corrected chi connectivity index (χ0v) is 13.1. The Morgan fingerprint density at radius 2 is 2.18 bits per heavy atom. The monoisotopic (exact) mass is 319 g/mol. The second-order valence-corrected chi connectivity index (χ2v) is 5.87. The number of amides is 1. The van der Waals surface area contributed by atoms with E-state index in [1.54, 1.807) is 18.2 Å². The van der Waals surface area contributed by atoms with Crippen LogP contribution in [0.2, 0.25) is 5.02 Å². The van der Waals surface area contributed by atoms with Crippen LogP contribution in [0.3, 0.4) is 0 Å². The Balaban J connectivity index is 1.72. The zero-order chi connectivity index (χ0) is 15.5. The number of hydrogen-bond acceptors (Lipinski definition) is 3. The fourth-order valence-electron chi connectivity index (χ4n) is 2.66. The summed E-state index contributed by atoms with van der Waals surface area (Å²) in [6.45, 7) is 3.37. The second-order valence-electron chi connectivity index (χ2n) is 5.46. The van der Waals surface area contributed by atoms with Gasteiger partial charge < -0.3 is 10.1 Å². The van der Waals surface area contributed by atoms with Gasteiger partial charge in [-0.2, -0.15) is 5.10 Å². The number of aromatic amines is 1. The van der Waals surface area contributed by atoms with Gasteiger partial charge in [0.05, 0.1) is 0 Å². The van der Waals surface area contributed by atoms with E-state index in [9.17, 15) is 4.79 Å². The van der Waals surface area contributed by atoms with Gasteiger partial charge in [-0.1, -0.05) is 17.7 Å². The topological polar surface area (TPSA) is 67.0 Å². The van der Waals surface area contributed by atoms with E-state index in [4.69, 9.17) is 16.3 Å². The minimum Gasteiger partial charge on any atom is -0.381 e. The molecule has 5 nitrogen and oxygen atoms in total. The van der Waals surface area contributed by atoms with Gasteiger partial charge in [0.25, 0.3) is 5.91 Å². The van der Waals surface area contributed by atoms with Gasteiger partial charge in [0, 0.05) is 41.5 Å². The van der Waals surface area contributed by atoms with Gasteiger partial charge in [0.15, 0.2) is 5.82 Å². The van der Waals surface area contributed by atoms with Crippen molar-refractivity contribution in [1.29, 1.82) is 0 Å². The highest BCUT2D eigenvalue weighted by Gasteiger charge is 2.19. The number of ether oxygens (including phenoxy) is 1. The number of anilines is 1. The molecule has 2 aromatic rings. The molecule has 1 aliphatic rings. The maximum absolute atomic E-state index is 12.3. The Morgan fingerprint density at radius 1 is 1.41 bits per heavy atom. The maximum Gasteiger partial charge on any atom is 0.257 e. The number of benzene rings is 1. The molecule has 1 saturated heterocycles. The number of H-pyrrole nitrogens is 1. The molecular formula is C16H18ClN3O2. The van der Waals surface area contributed by atoms with Crippen LogP contribution in [0.5, 0.6) is 0 Å². The predicted octanol–water partition coefficient (Wildman–Crippen LogP) is 3.52. The van der Waals surface area contributed by atoms with Gasteiger partial charge >= 0.3 is 0 Å². The van der Waals surface area contributed by atoms with Crippen LogP contribution in [-0.4, -0.2) is 29.3 Å². The lowest BCUT2D eigenvalue weighted by Gasteiger charge is -2.20. The molecule has 0 radical (unpaired) electrons. The lowest BCUT2D eigenvalue weighted by atomic mass is 9.97. The molecule has 1 amide bonds. The zero-order valence-electron chi connectivity index (χ0n) is 12.4. The van der Waals surface area contributed by atoms with Crippen LogP contribution in [-0.2, 0) is 4.74 Å². The molecule has 116 valence electrons. The largest absolute Gasteiger partial charge is 0.381 e. The van der Waals surface area contributed by atoms with Gasteiger partial charge in [0.1, 0.15) is 0 Å². The maximum atomic E-state index is 12.3. The highest BCUT2D eigenvalue weighted by atomic mass is 35.5. The number of hydrogen-bond donors (Lipinski definition) is 2. The molecule has 3 rings (SSSR count). The molecule has 1 fully saturated rings. The first-order chi connectivity index (χ1) is 10.6. The van der Waals surface area contributed by atoms with Crippen molar-refractivity contribution in [2.45, 2.75) is 25.7 Å². The summed E-state index contributed by atoms with van der Waals surface area (Å²) in [5.41, 5.74) is 2.37. The summed E-state index contributed by atoms with van der Waals surface area (Å²) in [6.07, 6.45) is 1.95. The molecule has 2 heterocycles. The molecule has 1 aromatic carbocycles. The summed E-state index contributed by atoms with van der Waals surface area (Å²) in [5, 5.41) is 10.6. The van der Waals surface area contributed by atoms with Crippen LogP contribution in [0.4, 0.5) is 5.82 Å². The number of nitrogens with zero attached hydrogens (tertiary/aromatic N) is 1. The number of carbonyl (C=O) groups excluding carboxylic acids is 1.